The number of fused-ring (bicyclic) bond motifs is 1. The summed E-state index contributed by atoms with van der Waals surface area (Å²) in [5.41, 5.74) is 2.10. The van der Waals surface area contributed by atoms with Gasteiger partial charge in [0.1, 0.15) is 19.8 Å². The lowest BCUT2D eigenvalue weighted by Gasteiger charge is -2.19. The first kappa shape index (κ1) is 21.4. The standard InChI is InChI=1S/C20H22BrNO4.ClH/c1-3-6-22-12-15-9-16(21)20(19(11-15)23-2)26-13-14-4-5-17-18(10-14)25-8-7-24-17;/h3-5,9-11,22H,1,6-8,12-13H2,2H3;1H. The molecule has 1 aliphatic rings. The van der Waals surface area contributed by atoms with E-state index in [4.69, 9.17) is 18.9 Å². The summed E-state index contributed by atoms with van der Waals surface area (Å²) in [4.78, 5) is 0. The Morgan fingerprint density at radius 2 is 1.93 bits per heavy atom. The van der Waals surface area contributed by atoms with Gasteiger partial charge >= 0.3 is 0 Å². The van der Waals surface area contributed by atoms with Gasteiger partial charge in [-0.25, -0.2) is 0 Å². The van der Waals surface area contributed by atoms with Gasteiger partial charge in [-0.15, -0.1) is 19.0 Å². The van der Waals surface area contributed by atoms with Crippen molar-refractivity contribution in [1.82, 2.24) is 5.32 Å². The average molecular weight is 457 g/mol. The fraction of sp³-hybridized carbons (Fsp3) is 0.300. The van der Waals surface area contributed by atoms with Crippen molar-refractivity contribution in [3.63, 3.8) is 0 Å². The molecule has 27 heavy (non-hydrogen) atoms. The van der Waals surface area contributed by atoms with Crippen molar-refractivity contribution in [2.75, 3.05) is 26.9 Å². The molecule has 0 spiro atoms. The molecule has 2 aromatic rings. The average Bonchev–Trinajstić information content (AvgIpc) is 2.67. The summed E-state index contributed by atoms with van der Waals surface area (Å²) in [6.07, 6.45) is 1.83. The van der Waals surface area contributed by atoms with Crippen LogP contribution in [-0.4, -0.2) is 26.9 Å². The van der Waals surface area contributed by atoms with Crippen molar-refractivity contribution in [1.29, 1.82) is 0 Å². The molecule has 5 nitrogen and oxygen atoms in total. The van der Waals surface area contributed by atoms with Gasteiger partial charge in [-0.2, -0.15) is 0 Å². The van der Waals surface area contributed by atoms with Crippen molar-refractivity contribution in [2.45, 2.75) is 13.2 Å². The molecule has 2 aromatic carbocycles. The van der Waals surface area contributed by atoms with Crippen molar-refractivity contribution in [3.05, 3.63) is 58.6 Å². The molecule has 0 aliphatic carbocycles. The van der Waals surface area contributed by atoms with E-state index in [1.165, 1.54) is 0 Å². The molecule has 1 N–H and O–H groups in total. The Balaban J connectivity index is 0.00000261. The van der Waals surface area contributed by atoms with Crippen LogP contribution < -0.4 is 24.3 Å². The van der Waals surface area contributed by atoms with Crippen molar-refractivity contribution in [2.24, 2.45) is 0 Å². The van der Waals surface area contributed by atoms with Crippen LogP contribution >= 0.6 is 28.3 Å². The molecule has 0 radical (unpaired) electrons. The van der Waals surface area contributed by atoms with Gasteiger partial charge in [0.05, 0.1) is 11.6 Å². The lowest BCUT2D eigenvalue weighted by atomic mass is 10.2. The van der Waals surface area contributed by atoms with Crippen molar-refractivity contribution >= 4 is 28.3 Å². The van der Waals surface area contributed by atoms with Gasteiger partial charge in [-0.05, 0) is 51.3 Å². The van der Waals surface area contributed by atoms with E-state index in [2.05, 4.69) is 27.8 Å². The zero-order chi connectivity index (χ0) is 18.4. The molecule has 0 saturated heterocycles. The Hall–Kier alpha value is -1.89. The van der Waals surface area contributed by atoms with Crippen LogP contribution in [0.5, 0.6) is 23.0 Å². The van der Waals surface area contributed by atoms with Gasteiger partial charge in [0, 0.05) is 13.1 Å². The third-order valence-electron chi connectivity index (χ3n) is 3.90. The molecule has 0 saturated carbocycles. The molecule has 0 bridgehead atoms. The predicted octanol–water partition coefficient (Wildman–Crippen LogP) is 4.51. The van der Waals surface area contributed by atoms with E-state index in [-0.39, 0.29) is 12.4 Å². The molecular weight excluding hydrogens is 434 g/mol. The van der Waals surface area contributed by atoms with Crippen LogP contribution in [-0.2, 0) is 13.2 Å². The second-order valence-corrected chi connectivity index (χ2v) is 6.65. The van der Waals surface area contributed by atoms with Crippen LogP contribution in [0.4, 0.5) is 0 Å². The van der Waals surface area contributed by atoms with Crippen LogP contribution in [0.1, 0.15) is 11.1 Å². The van der Waals surface area contributed by atoms with E-state index in [0.29, 0.717) is 31.3 Å². The maximum atomic E-state index is 6.01. The zero-order valence-electron chi connectivity index (χ0n) is 15.1. The van der Waals surface area contributed by atoms with Crippen molar-refractivity contribution in [3.8, 4) is 23.0 Å². The molecule has 0 unspecified atom stereocenters. The topological polar surface area (TPSA) is 49.0 Å². The minimum atomic E-state index is 0. The molecule has 0 fully saturated rings. The highest BCUT2D eigenvalue weighted by molar-refractivity contribution is 9.10. The first-order valence-electron chi connectivity index (χ1n) is 8.40. The van der Waals surface area contributed by atoms with Crippen LogP contribution in [0, 0.1) is 0 Å². The number of halogens is 2. The Bertz CT molecular complexity index is 785. The highest BCUT2D eigenvalue weighted by atomic mass is 79.9. The molecule has 1 aliphatic heterocycles. The summed E-state index contributed by atoms with van der Waals surface area (Å²) in [7, 11) is 1.64. The number of rotatable bonds is 8. The van der Waals surface area contributed by atoms with Crippen LogP contribution in [0.3, 0.4) is 0 Å². The minimum Gasteiger partial charge on any atom is -0.493 e. The largest absolute Gasteiger partial charge is 0.493 e. The molecule has 3 rings (SSSR count). The van der Waals surface area contributed by atoms with Gasteiger partial charge in [0.15, 0.2) is 23.0 Å². The van der Waals surface area contributed by atoms with Crippen molar-refractivity contribution < 1.29 is 18.9 Å². The molecule has 0 amide bonds. The Labute approximate surface area is 174 Å². The Kier molecular flexibility index (Phi) is 8.28. The van der Waals surface area contributed by atoms with E-state index >= 15 is 0 Å². The molecule has 146 valence electrons. The van der Waals surface area contributed by atoms with E-state index in [1.54, 1.807) is 7.11 Å². The Morgan fingerprint density at radius 1 is 1.15 bits per heavy atom. The number of methoxy groups -OCH3 is 1. The normalized spacial score (nSPS) is 12.1. The van der Waals surface area contributed by atoms with Gasteiger partial charge < -0.3 is 24.3 Å². The van der Waals surface area contributed by atoms with Gasteiger partial charge in [0.25, 0.3) is 0 Å². The summed E-state index contributed by atoms with van der Waals surface area (Å²) < 4.78 is 23.5. The number of nitrogens with one attached hydrogen (secondary N) is 1. The lowest BCUT2D eigenvalue weighted by Crippen LogP contribution is -2.15. The second-order valence-electron chi connectivity index (χ2n) is 5.80. The third kappa shape index (κ3) is 5.54. The molecule has 0 aromatic heterocycles. The monoisotopic (exact) mass is 455 g/mol. The number of ether oxygens (including phenoxy) is 4. The first-order chi connectivity index (χ1) is 12.7. The quantitative estimate of drug-likeness (QED) is 0.468. The molecule has 1 heterocycles. The maximum absolute atomic E-state index is 6.01. The summed E-state index contributed by atoms with van der Waals surface area (Å²) >= 11 is 3.58. The van der Waals surface area contributed by atoms with Gasteiger partial charge in [-0.1, -0.05) is 12.1 Å². The van der Waals surface area contributed by atoms with E-state index in [9.17, 15) is 0 Å². The minimum absolute atomic E-state index is 0. The predicted molar refractivity (Wildman–Crippen MR) is 112 cm³/mol. The molecule has 0 atom stereocenters. The number of hydrogen-bond acceptors (Lipinski definition) is 5. The van der Waals surface area contributed by atoms with Crippen LogP contribution in [0.2, 0.25) is 0 Å². The third-order valence-corrected chi connectivity index (χ3v) is 4.49. The summed E-state index contributed by atoms with van der Waals surface area (Å²) in [5.74, 6) is 2.89. The highest BCUT2D eigenvalue weighted by Gasteiger charge is 2.14. The van der Waals surface area contributed by atoms with Gasteiger partial charge in [-0.3, -0.25) is 0 Å². The van der Waals surface area contributed by atoms with E-state index < -0.39 is 0 Å². The smallest absolute Gasteiger partial charge is 0.175 e. The summed E-state index contributed by atoms with van der Waals surface area (Å²) in [6.45, 7) is 6.74. The van der Waals surface area contributed by atoms with Crippen LogP contribution in [0.15, 0.2) is 47.5 Å². The maximum Gasteiger partial charge on any atom is 0.175 e. The SMILES string of the molecule is C=CCNCc1cc(Br)c(OCc2ccc3c(c2)OCCO3)c(OC)c1.Cl. The zero-order valence-corrected chi connectivity index (χ0v) is 17.5. The summed E-state index contributed by atoms with van der Waals surface area (Å²) in [5, 5.41) is 3.28. The Morgan fingerprint density at radius 3 is 2.67 bits per heavy atom. The fourth-order valence-electron chi connectivity index (χ4n) is 2.67. The number of hydrogen-bond donors (Lipinski definition) is 1. The van der Waals surface area contributed by atoms with Crippen LogP contribution in [0.25, 0.3) is 0 Å². The van der Waals surface area contributed by atoms with E-state index in [1.807, 2.05) is 36.4 Å². The highest BCUT2D eigenvalue weighted by Crippen LogP contribution is 2.38. The second kappa shape index (κ2) is 10.4. The molecule has 7 heteroatoms. The molecular formula is C20H23BrClNO4. The summed E-state index contributed by atoms with van der Waals surface area (Å²) in [6, 6.07) is 9.83. The van der Waals surface area contributed by atoms with Gasteiger partial charge in [0.2, 0.25) is 0 Å². The fourth-order valence-corrected chi connectivity index (χ4v) is 3.27. The first-order valence-corrected chi connectivity index (χ1v) is 9.20. The van der Waals surface area contributed by atoms with E-state index in [0.717, 1.165) is 40.2 Å². The number of benzene rings is 2. The lowest BCUT2D eigenvalue weighted by molar-refractivity contribution is 0.171.